The number of carbonyl (C=O) groups excluding carboxylic acids is 1. The van der Waals surface area contributed by atoms with Crippen LogP contribution in [0.4, 0.5) is 14.9 Å². The van der Waals surface area contributed by atoms with E-state index < -0.39 is 30.2 Å². The Hall–Kier alpha value is -2.84. The Labute approximate surface area is 182 Å². The average Bonchev–Trinajstić information content (AvgIpc) is 2.94. The molecular formula is C23H28BFN2O4. The fourth-order valence-corrected chi connectivity index (χ4v) is 2.99. The van der Waals surface area contributed by atoms with Gasteiger partial charge < -0.3 is 25.1 Å². The molecule has 0 bridgehead atoms. The number of ether oxygens (including phenoxy) is 1. The van der Waals surface area contributed by atoms with Crippen molar-refractivity contribution >= 4 is 25.0 Å². The number of nitrogens with one attached hydrogen (secondary N) is 1. The summed E-state index contributed by atoms with van der Waals surface area (Å²) in [6, 6.07) is 13.9. The van der Waals surface area contributed by atoms with Crippen LogP contribution in [0.25, 0.3) is 6.08 Å². The molecule has 0 aromatic heterocycles. The number of nitrogen functional groups attached to an aromatic ring is 1. The minimum absolute atomic E-state index is 0.0666. The Bertz CT molecular complexity index is 947. The van der Waals surface area contributed by atoms with E-state index in [-0.39, 0.29) is 18.8 Å². The SMILES string of the molecule is CC1(C)OB(C(=Cc2ccc(N)c(F)c2)CNC(=O)OCc2ccccc2)OC1(C)C. The van der Waals surface area contributed by atoms with Gasteiger partial charge >= 0.3 is 13.2 Å². The smallest absolute Gasteiger partial charge is 0.445 e. The Morgan fingerprint density at radius 2 is 1.77 bits per heavy atom. The van der Waals surface area contributed by atoms with Crippen molar-refractivity contribution in [2.24, 2.45) is 0 Å². The van der Waals surface area contributed by atoms with Crippen LogP contribution in [0.1, 0.15) is 38.8 Å². The molecule has 2 aromatic carbocycles. The van der Waals surface area contributed by atoms with E-state index in [1.54, 1.807) is 12.1 Å². The Morgan fingerprint density at radius 3 is 2.39 bits per heavy atom. The number of anilines is 1. The van der Waals surface area contributed by atoms with Gasteiger partial charge in [-0.3, -0.25) is 0 Å². The lowest BCUT2D eigenvalue weighted by molar-refractivity contribution is 0.00578. The van der Waals surface area contributed by atoms with E-state index in [0.29, 0.717) is 11.0 Å². The number of nitrogens with two attached hydrogens (primary N) is 1. The van der Waals surface area contributed by atoms with E-state index in [9.17, 15) is 9.18 Å². The van der Waals surface area contributed by atoms with Crippen LogP contribution in [0, 0.1) is 5.82 Å². The highest BCUT2D eigenvalue weighted by atomic mass is 19.1. The number of alkyl carbamates (subject to hydrolysis) is 1. The van der Waals surface area contributed by atoms with Crippen molar-refractivity contribution in [3.63, 3.8) is 0 Å². The topological polar surface area (TPSA) is 82.8 Å². The normalized spacial score (nSPS) is 17.5. The van der Waals surface area contributed by atoms with Gasteiger partial charge in [0.15, 0.2) is 0 Å². The second-order valence-electron chi connectivity index (χ2n) is 8.50. The van der Waals surface area contributed by atoms with Crippen LogP contribution < -0.4 is 11.1 Å². The predicted molar refractivity (Wildman–Crippen MR) is 120 cm³/mol. The maximum absolute atomic E-state index is 13.9. The van der Waals surface area contributed by atoms with Crippen LogP contribution in [0.3, 0.4) is 0 Å². The monoisotopic (exact) mass is 426 g/mol. The minimum Gasteiger partial charge on any atom is -0.445 e. The lowest BCUT2D eigenvalue weighted by atomic mass is 9.77. The molecule has 31 heavy (non-hydrogen) atoms. The van der Waals surface area contributed by atoms with Crippen LogP contribution in [0.5, 0.6) is 0 Å². The quantitative estimate of drug-likeness (QED) is 0.530. The number of carbonyl (C=O) groups is 1. The number of rotatable bonds is 6. The Morgan fingerprint density at radius 1 is 1.13 bits per heavy atom. The largest absolute Gasteiger partial charge is 0.492 e. The number of halogens is 1. The summed E-state index contributed by atoms with van der Waals surface area (Å²) in [4.78, 5) is 12.2. The highest BCUT2D eigenvalue weighted by molar-refractivity contribution is 6.56. The van der Waals surface area contributed by atoms with Crippen molar-refractivity contribution in [3.8, 4) is 0 Å². The van der Waals surface area contributed by atoms with Gasteiger partial charge in [-0.05, 0) is 56.4 Å². The van der Waals surface area contributed by atoms with Crippen molar-refractivity contribution < 1.29 is 23.2 Å². The number of hydrogen-bond donors (Lipinski definition) is 2. The first-order chi connectivity index (χ1) is 14.6. The Balaban J connectivity index is 1.73. The fraction of sp³-hybridized carbons (Fsp3) is 0.348. The summed E-state index contributed by atoms with van der Waals surface area (Å²) < 4.78 is 31.4. The lowest BCUT2D eigenvalue weighted by Crippen LogP contribution is -2.41. The molecular weight excluding hydrogens is 398 g/mol. The molecule has 0 radical (unpaired) electrons. The van der Waals surface area contributed by atoms with E-state index in [0.717, 1.165) is 5.56 Å². The number of amides is 1. The summed E-state index contributed by atoms with van der Waals surface area (Å²) in [7, 11) is -0.708. The van der Waals surface area contributed by atoms with Gasteiger partial charge in [-0.25, -0.2) is 9.18 Å². The molecule has 1 aliphatic heterocycles. The predicted octanol–water partition coefficient (Wildman–Crippen LogP) is 4.35. The van der Waals surface area contributed by atoms with Crippen molar-refractivity contribution in [3.05, 3.63) is 70.9 Å². The molecule has 8 heteroatoms. The summed E-state index contributed by atoms with van der Waals surface area (Å²) >= 11 is 0. The molecule has 1 aliphatic rings. The van der Waals surface area contributed by atoms with E-state index in [1.165, 1.54) is 12.1 Å². The first-order valence-electron chi connectivity index (χ1n) is 10.1. The third-order valence-electron chi connectivity index (χ3n) is 5.58. The summed E-state index contributed by atoms with van der Waals surface area (Å²) in [5.74, 6) is -0.516. The first kappa shape index (κ1) is 22.8. The highest BCUT2D eigenvalue weighted by Gasteiger charge is 2.52. The second-order valence-corrected chi connectivity index (χ2v) is 8.50. The standard InChI is InChI=1S/C23H28BFN2O4/c1-22(2)23(3,4)31-24(30-22)18(12-17-10-11-20(26)19(25)13-17)14-27-21(28)29-15-16-8-6-5-7-9-16/h5-13H,14-15,26H2,1-4H3,(H,27,28). The van der Waals surface area contributed by atoms with Gasteiger partial charge in [0.05, 0.1) is 16.9 Å². The van der Waals surface area contributed by atoms with Crippen LogP contribution in [0.2, 0.25) is 0 Å². The van der Waals surface area contributed by atoms with Crippen molar-refractivity contribution in [1.29, 1.82) is 0 Å². The van der Waals surface area contributed by atoms with Gasteiger partial charge in [0.2, 0.25) is 0 Å². The zero-order valence-corrected chi connectivity index (χ0v) is 18.3. The molecule has 0 spiro atoms. The zero-order valence-electron chi connectivity index (χ0n) is 18.3. The molecule has 2 aromatic rings. The molecule has 1 heterocycles. The summed E-state index contributed by atoms with van der Waals surface area (Å²) in [6.07, 6.45) is 1.15. The van der Waals surface area contributed by atoms with E-state index in [1.807, 2.05) is 58.0 Å². The third-order valence-corrected chi connectivity index (χ3v) is 5.58. The molecule has 1 saturated heterocycles. The maximum atomic E-state index is 13.9. The molecule has 1 fully saturated rings. The fourth-order valence-electron chi connectivity index (χ4n) is 2.99. The van der Waals surface area contributed by atoms with Gasteiger partial charge in [0, 0.05) is 6.54 Å². The van der Waals surface area contributed by atoms with Crippen LogP contribution in [0.15, 0.2) is 54.0 Å². The molecule has 164 valence electrons. The van der Waals surface area contributed by atoms with Gasteiger partial charge in [-0.1, -0.05) is 42.5 Å². The third kappa shape index (κ3) is 5.65. The van der Waals surface area contributed by atoms with Gasteiger partial charge in [0.25, 0.3) is 0 Å². The molecule has 6 nitrogen and oxygen atoms in total. The number of hydrogen-bond acceptors (Lipinski definition) is 5. The maximum Gasteiger partial charge on any atom is 0.492 e. The zero-order chi connectivity index (χ0) is 22.6. The van der Waals surface area contributed by atoms with Crippen LogP contribution in [-0.2, 0) is 20.7 Å². The van der Waals surface area contributed by atoms with E-state index in [4.69, 9.17) is 19.8 Å². The summed E-state index contributed by atoms with van der Waals surface area (Å²) in [6.45, 7) is 8.02. The summed E-state index contributed by atoms with van der Waals surface area (Å²) in [5.41, 5.74) is 6.61. The van der Waals surface area contributed by atoms with Gasteiger partial charge in [-0.15, -0.1) is 0 Å². The molecule has 0 atom stereocenters. The van der Waals surface area contributed by atoms with Crippen molar-refractivity contribution in [1.82, 2.24) is 5.32 Å². The molecule has 3 rings (SSSR count). The van der Waals surface area contributed by atoms with Crippen molar-refractivity contribution in [2.45, 2.75) is 45.5 Å². The minimum atomic E-state index is -0.708. The van der Waals surface area contributed by atoms with Crippen molar-refractivity contribution in [2.75, 3.05) is 12.3 Å². The van der Waals surface area contributed by atoms with Gasteiger partial charge in [0.1, 0.15) is 12.4 Å². The highest BCUT2D eigenvalue weighted by Crippen LogP contribution is 2.38. The van der Waals surface area contributed by atoms with E-state index >= 15 is 0 Å². The molecule has 0 saturated carbocycles. The molecule has 3 N–H and O–H groups in total. The summed E-state index contributed by atoms with van der Waals surface area (Å²) in [5, 5.41) is 2.72. The molecule has 1 amide bonds. The molecule has 0 unspecified atom stereocenters. The van der Waals surface area contributed by atoms with Crippen LogP contribution >= 0.6 is 0 Å². The average molecular weight is 426 g/mol. The first-order valence-corrected chi connectivity index (χ1v) is 10.1. The van der Waals surface area contributed by atoms with Crippen LogP contribution in [-0.4, -0.2) is 31.0 Å². The number of benzene rings is 2. The van der Waals surface area contributed by atoms with Gasteiger partial charge in [-0.2, -0.15) is 0 Å². The lowest BCUT2D eigenvalue weighted by Gasteiger charge is -2.32. The second kappa shape index (κ2) is 9.12. The molecule has 0 aliphatic carbocycles. The van der Waals surface area contributed by atoms with E-state index in [2.05, 4.69) is 5.32 Å². The Kier molecular flexibility index (Phi) is 6.72.